The highest BCUT2D eigenvalue weighted by molar-refractivity contribution is 6.33. The molecule has 0 bridgehead atoms. The van der Waals surface area contributed by atoms with Crippen molar-refractivity contribution >= 4 is 23.7 Å². The van der Waals surface area contributed by atoms with E-state index in [0.29, 0.717) is 10.6 Å². The molecule has 5 heteroatoms. The molecule has 0 saturated carbocycles. The van der Waals surface area contributed by atoms with Crippen LogP contribution in [0, 0.1) is 6.92 Å². The molecule has 20 heavy (non-hydrogen) atoms. The van der Waals surface area contributed by atoms with Crippen LogP contribution < -0.4 is 5.43 Å². The van der Waals surface area contributed by atoms with Crippen molar-refractivity contribution in [1.82, 2.24) is 5.43 Å². The molecule has 102 valence electrons. The molecule has 2 aromatic carbocycles. The molecule has 0 radical (unpaired) electrons. The van der Waals surface area contributed by atoms with Gasteiger partial charge in [0.1, 0.15) is 5.75 Å². The van der Waals surface area contributed by atoms with Gasteiger partial charge in [-0.3, -0.25) is 4.79 Å². The van der Waals surface area contributed by atoms with Crippen molar-refractivity contribution in [2.45, 2.75) is 6.92 Å². The molecule has 0 aliphatic heterocycles. The Hall–Kier alpha value is -2.33. The maximum Gasteiger partial charge on any atom is 0.272 e. The van der Waals surface area contributed by atoms with Crippen LogP contribution in [0.4, 0.5) is 0 Å². The smallest absolute Gasteiger partial charge is 0.272 e. The van der Waals surface area contributed by atoms with Gasteiger partial charge in [-0.05, 0) is 54.4 Å². The molecule has 2 aromatic rings. The maximum absolute atomic E-state index is 11.9. The summed E-state index contributed by atoms with van der Waals surface area (Å²) in [6, 6.07) is 11.6. The first-order valence-electron chi connectivity index (χ1n) is 5.95. The summed E-state index contributed by atoms with van der Waals surface area (Å²) in [7, 11) is 0. The number of carbonyl (C=O) groups is 1. The predicted molar refractivity (Wildman–Crippen MR) is 79.4 cm³/mol. The molecule has 0 unspecified atom stereocenters. The van der Waals surface area contributed by atoms with Gasteiger partial charge in [-0.15, -0.1) is 0 Å². The Labute approximate surface area is 121 Å². The van der Waals surface area contributed by atoms with Crippen molar-refractivity contribution in [2.75, 3.05) is 0 Å². The van der Waals surface area contributed by atoms with E-state index in [-0.39, 0.29) is 11.7 Å². The molecule has 0 spiro atoms. The van der Waals surface area contributed by atoms with E-state index in [9.17, 15) is 4.79 Å². The fraction of sp³-hybridized carbons (Fsp3) is 0.0667. The fourth-order valence-corrected chi connectivity index (χ4v) is 1.91. The topological polar surface area (TPSA) is 61.7 Å². The maximum atomic E-state index is 11.9. The van der Waals surface area contributed by atoms with Crippen molar-refractivity contribution in [3.05, 3.63) is 64.2 Å². The number of phenols is 1. The molecule has 0 aromatic heterocycles. The highest BCUT2D eigenvalue weighted by Gasteiger charge is 2.08. The van der Waals surface area contributed by atoms with Crippen LogP contribution in [0.1, 0.15) is 21.5 Å². The molecule has 0 heterocycles. The van der Waals surface area contributed by atoms with Crippen molar-refractivity contribution in [3.8, 4) is 5.75 Å². The highest BCUT2D eigenvalue weighted by Crippen LogP contribution is 2.17. The summed E-state index contributed by atoms with van der Waals surface area (Å²) in [6.07, 6.45) is 1.49. The Bertz CT molecular complexity index is 651. The summed E-state index contributed by atoms with van der Waals surface area (Å²) in [5.74, 6) is -0.192. The number of aryl methyl sites for hydroxylation is 1. The molecular weight excluding hydrogens is 276 g/mol. The number of rotatable bonds is 3. The number of hydrazone groups is 1. The summed E-state index contributed by atoms with van der Waals surface area (Å²) >= 11 is 6.00. The van der Waals surface area contributed by atoms with Gasteiger partial charge in [-0.2, -0.15) is 5.10 Å². The zero-order valence-electron chi connectivity index (χ0n) is 10.8. The van der Waals surface area contributed by atoms with Crippen LogP contribution >= 0.6 is 11.6 Å². The van der Waals surface area contributed by atoms with Gasteiger partial charge in [0.2, 0.25) is 0 Å². The second-order valence-electron chi connectivity index (χ2n) is 4.27. The van der Waals surface area contributed by atoms with Gasteiger partial charge in [0, 0.05) is 0 Å². The van der Waals surface area contributed by atoms with E-state index >= 15 is 0 Å². The Kier molecular flexibility index (Phi) is 4.38. The lowest BCUT2D eigenvalue weighted by molar-refractivity contribution is 0.0955. The average Bonchev–Trinajstić information content (AvgIpc) is 2.41. The Balaban J connectivity index is 2.03. The van der Waals surface area contributed by atoms with Crippen LogP contribution in [-0.2, 0) is 0 Å². The zero-order valence-corrected chi connectivity index (χ0v) is 11.6. The highest BCUT2D eigenvalue weighted by atomic mass is 35.5. The van der Waals surface area contributed by atoms with E-state index in [1.807, 2.05) is 13.0 Å². The van der Waals surface area contributed by atoms with Gasteiger partial charge in [0.15, 0.2) is 0 Å². The first-order chi connectivity index (χ1) is 9.56. The summed E-state index contributed by atoms with van der Waals surface area (Å²) < 4.78 is 0. The van der Waals surface area contributed by atoms with E-state index in [1.54, 1.807) is 36.4 Å². The lowest BCUT2D eigenvalue weighted by Crippen LogP contribution is -2.18. The second-order valence-corrected chi connectivity index (χ2v) is 4.68. The number of phenolic OH excluding ortho intramolecular Hbond substituents is 1. The van der Waals surface area contributed by atoms with Crippen molar-refractivity contribution in [1.29, 1.82) is 0 Å². The van der Waals surface area contributed by atoms with Gasteiger partial charge in [-0.1, -0.05) is 17.7 Å². The molecule has 0 atom stereocenters. The molecule has 0 aliphatic rings. The van der Waals surface area contributed by atoms with Gasteiger partial charge in [0.25, 0.3) is 5.91 Å². The lowest BCUT2D eigenvalue weighted by Gasteiger charge is -2.03. The molecule has 2 rings (SSSR count). The third-order valence-corrected chi connectivity index (χ3v) is 2.95. The van der Waals surface area contributed by atoms with Crippen LogP contribution in [0.25, 0.3) is 0 Å². The van der Waals surface area contributed by atoms with Gasteiger partial charge < -0.3 is 5.11 Å². The first-order valence-corrected chi connectivity index (χ1v) is 6.32. The van der Waals surface area contributed by atoms with Crippen LogP contribution in [0.5, 0.6) is 5.75 Å². The molecular formula is C15H13ClN2O2. The number of carbonyl (C=O) groups excluding carboxylic acids is 1. The lowest BCUT2D eigenvalue weighted by atomic mass is 10.1. The molecule has 0 aliphatic carbocycles. The van der Waals surface area contributed by atoms with Gasteiger partial charge in [-0.25, -0.2) is 5.43 Å². The standard InChI is InChI=1S/C15H13ClN2O2/c1-10-2-7-13(14(16)8-10)15(20)18-17-9-11-3-5-12(19)6-4-11/h2-9,19H,1H3,(H,18,20)/b17-9-. The first kappa shape index (κ1) is 14.1. The monoisotopic (exact) mass is 288 g/mol. The number of hydrogen-bond acceptors (Lipinski definition) is 3. The summed E-state index contributed by atoms with van der Waals surface area (Å²) in [6.45, 7) is 1.90. The molecule has 0 saturated heterocycles. The molecule has 1 amide bonds. The third-order valence-electron chi connectivity index (χ3n) is 2.64. The van der Waals surface area contributed by atoms with E-state index in [2.05, 4.69) is 10.5 Å². The fourth-order valence-electron chi connectivity index (χ4n) is 1.59. The summed E-state index contributed by atoms with van der Waals surface area (Å²) in [5, 5.41) is 13.4. The Morgan fingerprint density at radius 3 is 2.60 bits per heavy atom. The Morgan fingerprint density at radius 2 is 1.95 bits per heavy atom. The summed E-state index contributed by atoms with van der Waals surface area (Å²) in [4.78, 5) is 11.9. The van der Waals surface area contributed by atoms with E-state index in [4.69, 9.17) is 16.7 Å². The SMILES string of the molecule is Cc1ccc(C(=O)N/N=C\c2ccc(O)cc2)c(Cl)c1. The quantitative estimate of drug-likeness (QED) is 0.673. The number of hydrogen-bond donors (Lipinski definition) is 2. The second kappa shape index (κ2) is 6.21. The number of benzene rings is 2. The number of nitrogens with one attached hydrogen (secondary N) is 1. The molecule has 0 fully saturated rings. The molecule has 2 N–H and O–H groups in total. The third kappa shape index (κ3) is 3.59. The Morgan fingerprint density at radius 1 is 1.25 bits per heavy atom. The van der Waals surface area contributed by atoms with Crippen LogP contribution in [0.3, 0.4) is 0 Å². The minimum absolute atomic E-state index is 0.178. The number of aromatic hydroxyl groups is 1. The minimum atomic E-state index is -0.370. The number of halogens is 1. The number of amides is 1. The van der Waals surface area contributed by atoms with Crippen molar-refractivity contribution in [2.24, 2.45) is 5.10 Å². The molecule has 4 nitrogen and oxygen atoms in total. The van der Waals surface area contributed by atoms with Crippen LogP contribution in [0.2, 0.25) is 5.02 Å². The van der Waals surface area contributed by atoms with Crippen molar-refractivity contribution in [3.63, 3.8) is 0 Å². The van der Waals surface area contributed by atoms with Gasteiger partial charge >= 0.3 is 0 Å². The van der Waals surface area contributed by atoms with E-state index < -0.39 is 0 Å². The predicted octanol–water partition coefficient (Wildman–Crippen LogP) is 3.12. The minimum Gasteiger partial charge on any atom is -0.508 e. The largest absolute Gasteiger partial charge is 0.508 e. The summed E-state index contributed by atoms with van der Waals surface area (Å²) in [5.41, 5.74) is 4.53. The van der Waals surface area contributed by atoms with Crippen LogP contribution in [-0.4, -0.2) is 17.2 Å². The van der Waals surface area contributed by atoms with E-state index in [1.165, 1.54) is 6.21 Å². The van der Waals surface area contributed by atoms with E-state index in [0.717, 1.165) is 11.1 Å². The normalized spacial score (nSPS) is 10.7. The number of nitrogens with zero attached hydrogens (tertiary/aromatic N) is 1. The zero-order chi connectivity index (χ0) is 14.5. The van der Waals surface area contributed by atoms with Crippen LogP contribution in [0.15, 0.2) is 47.6 Å². The van der Waals surface area contributed by atoms with Crippen molar-refractivity contribution < 1.29 is 9.90 Å². The van der Waals surface area contributed by atoms with Gasteiger partial charge in [0.05, 0.1) is 16.8 Å². The average molecular weight is 289 g/mol.